The summed E-state index contributed by atoms with van der Waals surface area (Å²) >= 11 is 0. The molecule has 0 bridgehead atoms. The molecule has 0 saturated heterocycles. The Hall–Kier alpha value is -2.37. The minimum Gasteiger partial charge on any atom is -0.508 e. The zero-order valence-corrected chi connectivity index (χ0v) is 8.78. The third-order valence-corrected chi connectivity index (χ3v) is 2.43. The Morgan fingerprint density at radius 2 is 1.17 bits per heavy atom. The Bertz CT molecular complexity index is 580. The van der Waals surface area contributed by atoms with Gasteiger partial charge < -0.3 is 15.3 Å². The van der Waals surface area contributed by atoms with Gasteiger partial charge in [0.1, 0.15) is 5.75 Å². The maximum Gasteiger partial charge on any atom is 0.205 e. The molecule has 3 N–H and O–H groups in total. The fourth-order valence-electron chi connectivity index (χ4n) is 1.52. The summed E-state index contributed by atoms with van der Waals surface area (Å²) in [6.45, 7) is 0. The summed E-state index contributed by atoms with van der Waals surface area (Å²) in [5, 5.41) is 27.1. The van der Waals surface area contributed by atoms with E-state index in [1.165, 1.54) is 0 Å². The third-order valence-electron chi connectivity index (χ3n) is 2.43. The molecule has 0 radical (unpaired) electrons. The van der Waals surface area contributed by atoms with Gasteiger partial charge in [-0.25, -0.2) is 8.78 Å². The lowest BCUT2D eigenvalue weighted by Crippen LogP contribution is -1.96. The fraction of sp³-hybridized carbons (Fsp3) is 0. The zero-order valence-electron chi connectivity index (χ0n) is 8.78. The molecule has 0 aliphatic carbocycles. The molecule has 94 valence electrons. The van der Waals surface area contributed by atoms with Crippen LogP contribution in [0.1, 0.15) is 0 Å². The van der Waals surface area contributed by atoms with Crippen molar-refractivity contribution in [3.63, 3.8) is 0 Å². The second-order valence-corrected chi connectivity index (χ2v) is 3.56. The first-order valence-corrected chi connectivity index (χ1v) is 4.81. The highest BCUT2D eigenvalue weighted by molar-refractivity contribution is 5.69. The number of benzene rings is 2. The molecule has 0 heterocycles. The van der Waals surface area contributed by atoms with E-state index in [2.05, 4.69) is 0 Å². The molecule has 0 aliphatic rings. The molecule has 0 saturated carbocycles. The van der Waals surface area contributed by atoms with Gasteiger partial charge in [0.2, 0.25) is 5.82 Å². The van der Waals surface area contributed by atoms with Crippen LogP contribution in [-0.4, -0.2) is 15.3 Å². The van der Waals surface area contributed by atoms with Crippen LogP contribution in [0.2, 0.25) is 0 Å². The molecule has 0 spiro atoms. The molecule has 18 heavy (non-hydrogen) atoms. The van der Waals surface area contributed by atoms with Gasteiger partial charge in [-0.2, -0.15) is 4.39 Å². The van der Waals surface area contributed by atoms with Crippen molar-refractivity contribution in [1.29, 1.82) is 0 Å². The van der Waals surface area contributed by atoms with E-state index in [1.54, 1.807) is 0 Å². The maximum atomic E-state index is 13.6. The van der Waals surface area contributed by atoms with Crippen LogP contribution in [0.25, 0.3) is 11.1 Å². The Balaban J connectivity index is 2.75. The van der Waals surface area contributed by atoms with Crippen molar-refractivity contribution in [3.8, 4) is 28.4 Å². The monoisotopic (exact) mass is 256 g/mol. The predicted octanol–water partition coefficient (Wildman–Crippen LogP) is 2.89. The standard InChI is InChI=1S/C12H7F3O3/c13-8-7(5-1-3-6(16)4-2-5)9(14)11(17)12(18)10(8)15/h1-4,16-18H. The fourth-order valence-corrected chi connectivity index (χ4v) is 1.52. The molecule has 0 unspecified atom stereocenters. The second kappa shape index (κ2) is 4.14. The number of phenolic OH excluding ortho intramolecular Hbond substituents is 3. The highest BCUT2D eigenvalue weighted by Gasteiger charge is 2.25. The highest BCUT2D eigenvalue weighted by atomic mass is 19.2. The SMILES string of the molecule is Oc1ccc(-c2c(F)c(O)c(O)c(F)c2F)cc1. The van der Waals surface area contributed by atoms with Gasteiger partial charge in [0.15, 0.2) is 23.1 Å². The van der Waals surface area contributed by atoms with Gasteiger partial charge in [0, 0.05) is 0 Å². The van der Waals surface area contributed by atoms with Crippen molar-refractivity contribution < 1.29 is 28.5 Å². The van der Waals surface area contributed by atoms with Crippen molar-refractivity contribution in [2.45, 2.75) is 0 Å². The molecule has 0 atom stereocenters. The Kier molecular flexibility index (Phi) is 2.78. The van der Waals surface area contributed by atoms with Crippen LogP contribution in [0.3, 0.4) is 0 Å². The van der Waals surface area contributed by atoms with E-state index in [9.17, 15) is 13.2 Å². The number of aromatic hydroxyl groups is 3. The van der Waals surface area contributed by atoms with Crippen LogP contribution in [0.4, 0.5) is 13.2 Å². The van der Waals surface area contributed by atoms with Crippen molar-refractivity contribution >= 4 is 0 Å². The van der Waals surface area contributed by atoms with Gasteiger partial charge in [-0.3, -0.25) is 0 Å². The normalized spacial score (nSPS) is 10.6. The first-order valence-electron chi connectivity index (χ1n) is 4.81. The lowest BCUT2D eigenvalue weighted by atomic mass is 10.0. The van der Waals surface area contributed by atoms with E-state index < -0.39 is 34.5 Å². The molecular weight excluding hydrogens is 249 g/mol. The van der Waals surface area contributed by atoms with Gasteiger partial charge in [0.05, 0.1) is 5.56 Å². The van der Waals surface area contributed by atoms with Crippen LogP contribution in [0, 0.1) is 17.5 Å². The van der Waals surface area contributed by atoms with Crippen molar-refractivity contribution in [2.24, 2.45) is 0 Å². The number of hydrogen-bond acceptors (Lipinski definition) is 3. The molecule has 6 heteroatoms. The van der Waals surface area contributed by atoms with Crippen LogP contribution in [0.15, 0.2) is 24.3 Å². The smallest absolute Gasteiger partial charge is 0.205 e. The predicted molar refractivity (Wildman–Crippen MR) is 56.7 cm³/mol. The molecule has 0 fully saturated rings. The molecule has 0 amide bonds. The first kappa shape index (κ1) is 12.1. The zero-order chi connectivity index (χ0) is 13.4. The highest BCUT2D eigenvalue weighted by Crippen LogP contribution is 2.40. The van der Waals surface area contributed by atoms with E-state index >= 15 is 0 Å². The van der Waals surface area contributed by atoms with E-state index in [0.29, 0.717) is 0 Å². The van der Waals surface area contributed by atoms with Crippen LogP contribution in [0.5, 0.6) is 17.2 Å². The van der Waals surface area contributed by atoms with E-state index in [-0.39, 0.29) is 11.3 Å². The Morgan fingerprint density at radius 3 is 1.72 bits per heavy atom. The summed E-state index contributed by atoms with van der Waals surface area (Å²) in [5.41, 5.74) is -0.903. The van der Waals surface area contributed by atoms with Crippen molar-refractivity contribution in [2.75, 3.05) is 0 Å². The van der Waals surface area contributed by atoms with Crippen LogP contribution >= 0.6 is 0 Å². The quantitative estimate of drug-likeness (QED) is 0.543. The number of halogens is 3. The number of phenols is 3. The molecular formula is C12H7F3O3. The van der Waals surface area contributed by atoms with Crippen LogP contribution in [-0.2, 0) is 0 Å². The van der Waals surface area contributed by atoms with Gasteiger partial charge in [0.25, 0.3) is 0 Å². The molecule has 0 aliphatic heterocycles. The topological polar surface area (TPSA) is 60.7 Å². The molecule has 2 rings (SSSR count). The average Bonchev–Trinajstić information content (AvgIpc) is 2.36. The van der Waals surface area contributed by atoms with Crippen molar-refractivity contribution in [3.05, 3.63) is 41.7 Å². The Morgan fingerprint density at radius 1 is 0.667 bits per heavy atom. The maximum absolute atomic E-state index is 13.6. The summed E-state index contributed by atoms with van der Waals surface area (Å²) in [6, 6.07) is 4.59. The summed E-state index contributed by atoms with van der Waals surface area (Å²) in [5.74, 6) is -7.81. The van der Waals surface area contributed by atoms with Crippen molar-refractivity contribution in [1.82, 2.24) is 0 Å². The molecule has 2 aromatic rings. The van der Waals surface area contributed by atoms with Gasteiger partial charge >= 0.3 is 0 Å². The summed E-state index contributed by atoms with van der Waals surface area (Å²) in [4.78, 5) is 0. The molecule has 3 nitrogen and oxygen atoms in total. The summed E-state index contributed by atoms with van der Waals surface area (Å²) in [6.07, 6.45) is 0. The minimum absolute atomic E-state index is 0.0861. The van der Waals surface area contributed by atoms with E-state index in [0.717, 1.165) is 24.3 Å². The molecule has 0 aromatic heterocycles. The van der Waals surface area contributed by atoms with Gasteiger partial charge in [-0.1, -0.05) is 12.1 Å². The van der Waals surface area contributed by atoms with Gasteiger partial charge in [-0.05, 0) is 17.7 Å². The lowest BCUT2D eigenvalue weighted by molar-refractivity contribution is 0.346. The number of rotatable bonds is 1. The summed E-state index contributed by atoms with van der Waals surface area (Å²) in [7, 11) is 0. The lowest BCUT2D eigenvalue weighted by Gasteiger charge is -2.09. The summed E-state index contributed by atoms with van der Waals surface area (Å²) < 4.78 is 40.3. The Labute approximate surface area is 99.4 Å². The third kappa shape index (κ3) is 1.71. The van der Waals surface area contributed by atoms with E-state index in [4.69, 9.17) is 15.3 Å². The second-order valence-electron chi connectivity index (χ2n) is 3.56. The van der Waals surface area contributed by atoms with Gasteiger partial charge in [-0.15, -0.1) is 0 Å². The average molecular weight is 256 g/mol. The largest absolute Gasteiger partial charge is 0.508 e. The number of hydrogen-bond donors (Lipinski definition) is 3. The minimum atomic E-state index is -1.74. The van der Waals surface area contributed by atoms with E-state index in [1.807, 2.05) is 0 Å². The molecule has 2 aromatic carbocycles. The van der Waals surface area contributed by atoms with Crippen LogP contribution < -0.4 is 0 Å². The first-order chi connectivity index (χ1) is 8.43.